The molecule has 0 saturated heterocycles. The van der Waals surface area contributed by atoms with Gasteiger partial charge in [-0.05, 0) is 56.2 Å². The molecule has 6 nitrogen and oxygen atoms in total. The van der Waals surface area contributed by atoms with Gasteiger partial charge < -0.3 is 9.72 Å². The van der Waals surface area contributed by atoms with Gasteiger partial charge >= 0.3 is 0 Å². The van der Waals surface area contributed by atoms with Crippen molar-refractivity contribution in [2.75, 3.05) is 11.3 Å². The molecular formula is C19H21N3O3S. The average Bonchev–Trinajstić information content (AvgIpc) is 3.12. The maximum Gasteiger partial charge on any atom is 0.262 e. The summed E-state index contributed by atoms with van der Waals surface area (Å²) in [6.45, 7) is 6.03. The lowest BCUT2D eigenvalue weighted by Gasteiger charge is -2.14. The number of rotatable bonds is 6. The molecule has 0 saturated carbocycles. The van der Waals surface area contributed by atoms with Crippen LogP contribution in [0.2, 0.25) is 0 Å². The van der Waals surface area contributed by atoms with E-state index < -0.39 is 10.0 Å². The van der Waals surface area contributed by atoms with Gasteiger partial charge in [-0.25, -0.2) is 13.4 Å². The number of hydrogen-bond donors (Lipinski definition) is 2. The van der Waals surface area contributed by atoms with E-state index in [-0.39, 0.29) is 4.90 Å². The van der Waals surface area contributed by atoms with Crippen molar-refractivity contribution in [1.29, 1.82) is 0 Å². The minimum Gasteiger partial charge on any atom is -0.494 e. The molecule has 3 rings (SSSR count). The molecule has 26 heavy (non-hydrogen) atoms. The van der Waals surface area contributed by atoms with Crippen molar-refractivity contribution in [1.82, 2.24) is 9.97 Å². The van der Waals surface area contributed by atoms with Crippen LogP contribution in [-0.2, 0) is 10.0 Å². The molecular weight excluding hydrogens is 350 g/mol. The first kappa shape index (κ1) is 18.0. The van der Waals surface area contributed by atoms with Crippen molar-refractivity contribution in [3.63, 3.8) is 0 Å². The van der Waals surface area contributed by atoms with Gasteiger partial charge in [0.1, 0.15) is 5.75 Å². The lowest BCUT2D eigenvalue weighted by atomic mass is 10.1. The van der Waals surface area contributed by atoms with Gasteiger partial charge in [0.25, 0.3) is 10.0 Å². The topological polar surface area (TPSA) is 84.1 Å². The number of aromatic amines is 1. The summed E-state index contributed by atoms with van der Waals surface area (Å²) in [7, 11) is -3.72. The van der Waals surface area contributed by atoms with Crippen LogP contribution < -0.4 is 9.46 Å². The smallest absolute Gasteiger partial charge is 0.262 e. The van der Waals surface area contributed by atoms with Gasteiger partial charge in [0.05, 0.1) is 29.7 Å². The van der Waals surface area contributed by atoms with Crippen LogP contribution in [-0.4, -0.2) is 25.0 Å². The van der Waals surface area contributed by atoms with E-state index in [1.807, 2.05) is 19.9 Å². The van der Waals surface area contributed by atoms with E-state index in [0.29, 0.717) is 23.6 Å². The molecule has 3 aromatic rings. The number of aryl methyl sites for hydroxylation is 2. The molecule has 0 bridgehead atoms. The van der Waals surface area contributed by atoms with Crippen LogP contribution in [0.15, 0.2) is 53.8 Å². The Bertz CT molecular complexity index is 1010. The van der Waals surface area contributed by atoms with Crippen molar-refractivity contribution in [3.8, 4) is 17.0 Å². The second kappa shape index (κ2) is 7.21. The highest BCUT2D eigenvalue weighted by atomic mass is 32.2. The molecule has 0 amide bonds. The van der Waals surface area contributed by atoms with Gasteiger partial charge in [-0.15, -0.1) is 0 Å². The van der Waals surface area contributed by atoms with E-state index in [2.05, 4.69) is 14.7 Å². The van der Waals surface area contributed by atoms with Crippen LogP contribution in [0.25, 0.3) is 11.3 Å². The van der Waals surface area contributed by atoms with E-state index >= 15 is 0 Å². The highest BCUT2D eigenvalue weighted by Gasteiger charge is 2.19. The highest BCUT2D eigenvalue weighted by Crippen LogP contribution is 2.28. The number of ether oxygens (including phenoxy) is 1. The molecule has 0 aliphatic carbocycles. The summed E-state index contributed by atoms with van der Waals surface area (Å²) >= 11 is 0. The lowest BCUT2D eigenvalue weighted by Crippen LogP contribution is -2.15. The third-order valence-corrected chi connectivity index (χ3v) is 5.51. The fraction of sp³-hybridized carbons (Fsp3) is 0.211. The Morgan fingerprint density at radius 2 is 1.96 bits per heavy atom. The summed E-state index contributed by atoms with van der Waals surface area (Å²) in [6, 6.07) is 10.6. The molecule has 0 aliphatic rings. The van der Waals surface area contributed by atoms with E-state index in [4.69, 9.17) is 4.74 Å². The van der Waals surface area contributed by atoms with Crippen molar-refractivity contribution in [2.24, 2.45) is 0 Å². The zero-order valence-electron chi connectivity index (χ0n) is 14.9. The quantitative estimate of drug-likeness (QED) is 0.688. The van der Waals surface area contributed by atoms with E-state index in [9.17, 15) is 8.42 Å². The van der Waals surface area contributed by atoms with Crippen LogP contribution in [0.5, 0.6) is 5.75 Å². The fourth-order valence-corrected chi connectivity index (χ4v) is 4.10. The number of imidazole rings is 1. The van der Waals surface area contributed by atoms with Crippen molar-refractivity contribution in [2.45, 2.75) is 25.7 Å². The molecule has 2 N–H and O–H groups in total. The van der Waals surface area contributed by atoms with Gasteiger partial charge in [0.2, 0.25) is 0 Å². The van der Waals surface area contributed by atoms with Crippen LogP contribution >= 0.6 is 0 Å². The summed E-state index contributed by atoms with van der Waals surface area (Å²) in [5, 5.41) is 0. The molecule has 0 radical (unpaired) electrons. The lowest BCUT2D eigenvalue weighted by molar-refractivity contribution is 0.337. The first-order chi connectivity index (χ1) is 12.4. The van der Waals surface area contributed by atoms with E-state index in [1.54, 1.807) is 49.8 Å². The third-order valence-electron chi connectivity index (χ3n) is 3.99. The van der Waals surface area contributed by atoms with Gasteiger partial charge in [-0.2, -0.15) is 0 Å². The fourth-order valence-electron chi connectivity index (χ4n) is 2.74. The minimum atomic E-state index is -3.72. The summed E-state index contributed by atoms with van der Waals surface area (Å²) in [6.07, 6.45) is 3.27. The number of aromatic nitrogens is 2. The second-order valence-electron chi connectivity index (χ2n) is 5.97. The largest absolute Gasteiger partial charge is 0.494 e. The maximum absolute atomic E-state index is 12.9. The minimum absolute atomic E-state index is 0.241. The average molecular weight is 371 g/mol. The molecule has 0 unspecified atom stereocenters. The van der Waals surface area contributed by atoms with Gasteiger partial charge in [0.15, 0.2) is 0 Å². The number of H-pyrrole nitrogens is 1. The van der Waals surface area contributed by atoms with Gasteiger partial charge in [0, 0.05) is 11.3 Å². The van der Waals surface area contributed by atoms with Crippen LogP contribution in [0.4, 0.5) is 5.69 Å². The molecule has 0 fully saturated rings. The second-order valence-corrected chi connectivity index (χ2v) is 7.62. The first-order valence-corrected chi connectivity index (χ1v) is 9.74. The first-order valence-electron chi connectivity index (χ1n) is 8.26. The molecule has 0 aliphatic heterocycles. The molecule has 2 aromatic carbocycles. The number of anilines is 1. The number of nitrogens with one attached hydrogen (secondary N) is 2. The predicted octanol–water partition coefficient (Wildman–Crippen LogP) is 3.89. The van der Waals surface area contributed by atoms with E-state index in [0.717, 1.165) is 16.8 Å². The van der Waals surface area contributed by atoms with Gasteiger partial charge in [-0.3, -0.25) is 4.72 Å². The molecule has 1 aromatic heterocycles. The Balaban J connectivity index is 1.93. The Morgan fingerprint density at radius 1 is 1.15 bits per heavy atom. The maximum atomic E-state index is 12.9. The zero-order valence-corrected chi connectivity index (χ0v) is 15.7. The molecule has 0 atom stereocenters. The van der Waals surface area contributed by atoms with Gasteiger partial charge in [-0.1, -0.05) is 12.1 Å². The Hall–Kier alpha value is -2.80. The highest BCUT2D eigenvalue weighted by molar-refractivity contribution is 7.92. The van der Waals surface area contributed by atoms with E-state index in [1.165, 1.54) is 0 Å². The number of sulfonamides is 1. The normalized spacial score (nSPS) is 11.3. The number of benzene rings is 2. The van der Waals surface area contributed by atoms with Crippen LogP contribution in [0.1, 0.15) is 18.1 Å². The predicted molar refractivity (Wildman–Crippen MR) is 102 cm³/mol. The number of nitrogens with zero attached hydrogens (tertiary/aromatic N) is 1. The van der Waals surface area contributed by atoms with Crippen LogP contribution in [0, 0.1) is 13.8 Å². The zero-order chi connectivity index (χ0) is 18.7. The standard InChI is InChI=1S/C19H21N3O3S/c1-4-25-18-8-14(3)19(9-13(18)2)26(23,24)22-16-7-5-6-15(10-16)17-11-20-12-21-17/h5-12,22H,4H2,1-3H3,(H,20,21). The van der Waals surface area contributed by atoms with Crippen molar-refractivity contribution < 1.29 is 13.2 Å². The van der Waals surface area contributed by atoms with Crippen molar-refractivity contribution in [3.05, 3.63) is 60.0 Å². The summed E-state index contributed by atoms with van der Waals surface area (Å²) < 4.78 is 33.9. The molecule has 136 valence electrons. The molecule has 1 heterocycles. The Labute approximate surface area is 153 Å². The summed E-state index contributed by atoms with van der Waals surface area (Å²) in [5.41, 5.74) is 3.57. The third kappa shape index (κ3) is 3.72. The Morgan fingerprint density at radius 3 is 2.65 bits per heavy atom. The van der Waals surface area contributed by atoms with Crippen molar-refractivity contribution >= 4 is 15.7 Å². The Kier molecular flexibility index (Phi) is 4.99. The summed E-state index contributed by atoms with van der Waals surface area (Å²) in [5.74, 6) is 0.699. The SMILES string of the molecule is CCOc1cc(C)c(S(=O)(=O)Nc2cccc(-c3cnc[nH]3)c2)cc1C. The summed E-state index contributed by atoms with van der Waals surface area (Å²) in [4.78, 5) is 7.24. The monoisotopic (exact) mass is 371 g/mol. The molecule has 7 heteroatoms. The number of hydrogen-bond acceptors (Lipinski definition) is 4. The van der Waals surface area contributed by atoms with Crippen LogP contribution in [0.3, 0.4) is 0 Å². The molecule has 0 spiro atoms.